The number of para-hydroxylation sites is 2. The van der Waals surface area contributed by atoms with Crippen molar-refractivity contribution in [3.8, 4) is 28.7 Å². The number of aryl methyl sites for hydroxylation is 1. The second-order valence-corrected chi connectivity index (χ2v) is 9.68. The Labute approximate surface area is 231 Å². The van der Waals surface area contributed by atoms with Crippen LogP contribution in [0.1, 0.15) is 46.7 Å². The predicted octanol–water partition coefficient (Wildman–Crippen LogP) is 8.08. The van der Waals surface area contributed by atoms with E-state index < -0.39 is 11.9 Å². The molecule has 0 aromatic heterocycles. The molecule has 0 saturated heterocycles. The van der Waals surface area contributed by atoms with Gasteiger partial charge in [0, 0.05) is 23.6 Å². The molecule has 1 aliphatic rings. The van der Waals surface area contributed by atoms with Gasteiger partial charge in [-0.3, -0.25) is 9.59 Å². The lowest BCUT2D eigenvalue weighted by molar-refractivity contribution is -0.139. The Morgan fingerprint density at radius 2 is 1.56 bits per heavy atom. The zero-order valence-corrected chi connectivity index (χ0v) is 21.9. The zero-order valence-electron chi connectivity index (χ0n) is 21.1. The SMILES string of the molecule is O=C(CCCc1ccccc1Oc1ccccc1)c1ccc(Oc2cc3c(cc2Cl)C(C(=O)O)CCO3)cc1. The van der Waals surface area contributed by atoms with Crippen molar-refractivity contribution < 1.29 is 28.9 Å². The van der Waals surface area contributed by atoms with Crippen molar-refractivity contribution >= 4 is 23.4 Å². The number of Topliss-reactive ketones (excluding diaryl/α,β-unsaturated/α-hetero) is 1. The minimum absolute atomic E-state index is 0.0444. The number of carboxylic acids is 1. The monoisotopic (exact) mass is 542 g/mol. The summed E-state index contributed by atoms with van der Waals surface area (Å²) in [7, 11) is 0. The number of carbonyl (C=O) groups excluding carboxylic acids is 1. The third-order valence-electron chi connectivity index (χ3n) is 6.60. The first-order valence-corrected chi connectivity index (χ1v) is 13.2. The van der Waals surface area contributed by atoms with Crippen molar-refractivity contribution in [3.05, 3.63) is 113 Å². The van der Waals surface area contributed by atoms with Gasteiger partial charge < -0.3 is 19.3 Å². The van der Waals surface area contributed by atoms with Gasteiger partial charge in [0.15, 0.2) is 5.78 Å². The van der Waals surface area contributed by atoms with Crippen molar-refractivity contribution in [1.82, 2.24) is 0 Å². The molecular weight excluding hydrogens is 516 g/mol. The minimum Gasteiger partial charge on any atom is -0.493 e. The molecule has 1 unspecified atom stereocenters. The number of benzene rings is 4. The quantitative estimate of drug-likeness (QED) is 0.204. The van der Waals surface area contributed by atoms with Gasteiger partial charge in [0.25, 0.3) is 0 Å². The van der Waals surface area contributed by atoms with Gasteiger partial charge in [0.05, 0.1) is 17.5 Å². The van der Waals surface area contributed by atoms with Gasteiger partial charge in [-0.2, -0.15) is 0 Å². The molecule has 1 N–H and O–H groups in total. The molecule has 0 spiro atoms. The molecule has 7 heteroatoms. The lowest BCUT2D eigenvalue weighted by Crippen LogP contribution is -2.20. The number of aliphatic carboxylic acids is 1. The van der Waals surface area contributed by atoms with Crippen molar-refractivity contribution in [2.75, 3.05) is 6.61 Å². The molecule has 0 fully saturated rings. The first kappa shape index (κ1) is 26.3. The van der Waals surface area contributed by atoms with Crippen molar-refractivity contribution in [1.29, 1.82) is 0 Å². The number of fused-ring (bicyclic) bond motifs is 1. The standard InChI is InChI=1S/C32H27ClO6/c33-27-19-26-25(32(35)36)17-18-37-30(26)20-31(27)39-24-15-13-21(14-16-24)28(34)11-6-8-22-7-4-5-12-29(22)38-23-9-2-1-3-10-23/h1-5,7,9-10,12-16,19-20,25H,6,8,11,17-18H2,(H,35,36). The molecule has 39 heavy (non-hydrogen) atoms. The van der Waals surface area contributed by atoms with Crippen molar-refractivity contribution in [2.24, 2.45) is 0 Å². The molecule has 1 aliphatic heterocycles. The number of carbonyl (C=O) groups is 2. The van der Waals surface area contributed by atoms with Gasteiger partial charge in [0.2, 0.25) is 0 Å². The molecule has 0 amide bonds. The zero-order chi connectivity index (χ0) is 27.2. The summed E-state index contributed by atoms with van der Waals surface area (Å²) in [5, 5.41) is 9.76. The van der Waals surface area contributed by atoms with E-state index in [1.807, 2.05) is 54.6 Å². The van der Waals surface area contributed by atoms with Crippen LogP contribution in [0.4, 0.5) is 0 Å². The van der Waals surface area contributed by atoms with Gasteiger partial charge in [-0.15, -0.1) is 0 Å². The maximum absolute atomic E-state index is 12.8. The van der Waals surface area contributed by atoms with Gasteiger partial charge in [0.1, 0.15) is 28.7 Å². The Morgan fingerprint density at radius 3 is 2.33 bits per heavy atom. The highest BCUT2D eigenvalue weighted by Gasteiger charge is 2.29. The Balaban J connectivity index is 1.18. The average molecular weight is 543 g/mol. The van der Waals surface area contributed by atoms with E-state index in [1.165, 1.54) is 0 Å². The van der Waals surface area contributed by atoms with Crippen LogP contribution in [-0.4, -0.2) is 23.5 Å². The summed E-state index contributed by atoms with van der Waals surface area (Å²) in [5.74, 6) is 1.37. The molecular formula is C32H27ClO6. The van der Waals surface area contributed by atoms with Crippen LogP contribution >= 0.6 is 11.6 Å². The smallest absolute Gasteiger partial charge is 0.311 e. The predicted molar refractivity (Wildman–Crippen MR) is 149 cm³/mol. The molecule has 5 rings (SSSR count). The molecule has 1 atom stereocenters. The maximum atomic E-state index is 12.8. The van der Waals surface area contributed by atoms with Crippen LogP contribution in [0.2, 0.25) is 5.02 Å². The average Bonchev–Trinajstić information content (AvgIpc) is 2.95. The Kier molecular flexibility index (Phi) is 8.13. The second-order valence-electron chi connectivity index (χ2n) is 9.27. The van der Waals surface area contributed by atoms with E-state index in [4.69, 9.17) is 25.8 Å². The lowest BCUT2D eigenvalue weighted by Gasteiger charge is -2.24. The van der Waals surface area contributed by atoms with Crippen LogP contribution in [0.25, 0.3) is 0 Å². The van der Waals surface area contributed by atoms with E-state index in [1.54, 1.807) is 36.4 Å². The molecule has 1 heterocycles. The lowest BCUT2D eigenvalue weighted by atomic mass is 9.93. The van der Waals surface area contributed by atoms with E-state index in [9.17, 15) is 14.7 Å². The first-order valence-electron chi connectivity index (χ1n) is 12.8. The van der Waals surface area contributed by atoms with Gasteiger partial charge in [-0.25, -0.2) is 0 Å². The van der Waals surface area contributed by atoms with Crippen LogP contribution in [0.15, 0.2) is 91.0 Å². The van der Waals surface area contributed by atoms with E-state index in [0.29, 0.717) is 59.3 Å². The highest BCUT2D eigenvalue weighted by molar-refractivity contribution is 6.32. The largest absolute Gasteiger partial charge is 0.493 e. The summed E-state index contributed by atoms with van der Waals surface area (Å²) in [4.78, 5) is 24.4. The van der Waals surface area contributed by atoms with Crippen LogP contribution in [0.5, 0.6) is 28.7 Å². The van der Waals surface area contributed by atoms with Crippen molar-refractivity contribution in [2.45, 2.75) is 31.6 Å². The van der Waals surface area contributed by atoms with E-state index in [-0.39, 0.29) is 5.78 Å². The fourth-order valence-corrected chi connectivity index (χ4v) is 4.78. The number of carboxylic acid groups (broad SMARTS) is 1. The minimum atomic E-state index is -0.908. The summed E-state index contributed by atoms with van der Waals surface area (Å²) >= 11 is 6.39. The third kappa shape index (κ3) is 6.41. The van der Waals surface area contributed by atoms with Crippen LogP contribution in [0.3, 0.4) is 0 Å². The van der Waals surface area contributed by atoms with Gasteiger partial charge >= 0.3 is 5.97 Å². The fraction of sp³-hybridized carbons (Fsp3) is 0.188. The maximum Gasteiger partial charge on any atom is 0.311 e. The Morgan fingerprint density at radius 1 is 0.872 bits per heavy atom. The molecule has 6 nitrogen and oxygen atoms in total. The number of rotatable bonds is 10. The number of hydrogen-bond donors (Lipinski definition) is 1. The van der Waals surface area contributed by atoms with Gasteiger partial charge in [-0.1, -0.05) is 48.0 Å². The summed E-state index contributed by atoms with van der Waals surface area (Å²) in [6.45, 7) is 0.313. The summed E-state index contributed by atoms with van der Waals surface area (Å²) in [6, 6.07) is 27.6. The molecule has 0 saturated carbocycles. The summed E-state index contributed by atoms with van der Waals surface area (Å²) in [5.41, 5.74) is 2.19. The van der Waals surface area contributed by atoms with Gasteiger partial charge in [-0.05, 0) is 73.4 Å². The second kappa shape index (κ2) is 12.0. The topological polar surface area (TPSA) is 82.1 Å². The van der Waals surface area contributed by atoms with Crippen LogP contribution < -0.4 is 14.2 Å². The highest BCUT2D eigenvalue weighted by Crippen LogP contribution is 2.42. The normalized spacial score (nSPS) is 14.1. The van der Waals surface area contributed by atoms with Crippen molar-refractivity contribution in [3.63, 3.8) is 0 Å². The summed E-state index contributed by atoms with van der Waals surface area (Å²) in [6.07, 6.45) is 2.20. The molecule has 0 radical (unpaired) electrons. The van der Waals surface area contributed by atoms with Crippen LogP contribution in [0, 0.1) is 0 Å². The van der Waals surface area contributed by atoms with E-state index >= 15 is 0 Å². The number of halogens is 1. The molecule has 0 bridgehead atoms. The van der Waals surface area contributed by atoms with Crippen LogP contribution in [-0.2, 0) is 11.2 Å². The fourth-order valence-electron chi connectivity index (χ4n) is 4.57. The Hall–Kier alpha value is -4.29. The molecule has 198 valence electrons. The Bertz CT molecular complexity index is 1470. The number of ether oxygens (including phenoxy) is 3. The molecule has 4 aromatic carbocycles. The number of hydrogen-bond acceptors (Lipinski definition) is 5. The highest BCUT2D eigenvalue weighted by atomic mass is 35.5. The third-order valence-corrected chi connectivity index (χ3v) is 6.89. The first-order chi connectivity index (χ1) is 19.0. The van der Waals surface area contributed by atoms with E-state index in [0.717, 1.165) is 23.5 Å². The van der Waals surface area contributed by atoms with E-state index in [2.05, 4.69) is 0 Å². The number of ketones is 1. The molecule has 4 aromatic rings. The summed E-state index contributed by atoms with van der Waals surface area (Å²) < 4.78 is 17.6. The molecule has 0 aliphatic carbocycles.